The van der Waals surface area contributed by atoms with Crippen molar-refractivity contribution in [1.82, 2.24) is 20.2 Å². The molecule has 2 aromatic heterocycles. The second-order valence-electron chi connectivity index (χ2n) is 5.59. The van der Waals surface area contributed by atoms with Gasteiger partial charge in [0.1, 0.15) is 5.75 Å². The number of hydrogen-bond acceptors (Lipinski definition) is 5. The Morgan fingerprint density at radius 2 is 2.04 bits per heavy atom. The highest BCUT2D eigenvalue weighted by molar-refractivity contribution is 5.83. The minimum atomic E-state index is -0.309. The van der Waals surface area contributed by atoms with Crippen LogP contribution in [0.3, 0.4) is 0 Å². The van der Waals surface area contributed by atoms with E-state index in [1.54, 1.807) is 48.9 Å². The van der Waals surface area contributed by atoms with Crippen molar-refractivity contribution in [2.45, 2.75) is 18.5 Å². The van der Waals surface area contributed by atoms with Gasteiger partial charge in [0.25, 0.3) is 5.91 Å². The highest BCUT2D eigenvalue weighted by Crippen LogP contribution is 2.31. The molecule has 2 amide bonds. The van der Waals surface area contributed by atoms with Crippen LogP contribution in [0.4, 0.5) is 0 Å². The van der Waals surface area contributed by atoms with E-state index in [1.807, 2.05) is 12.1 Å². The second-order valence-corrected chi connectivity index (χ2v) is 5.59. The van der Waals surface area contributed by atoms with Crippen LogP contribution in [-0.2, 0) is 9.59 Å². The molecule has 0 bridgehead atoms. The number of carbonyl (C=O) groups is 2. The third kappa shape index (κ3) is 3.51. The van der Waals surface area contributed by atoms with Gasteiger partial charge in [-0.1, -0.05) is 6.07 Å². The minimum absolute atomic E-state index is 0.0117. The summed E-state index contributed by atoms with van der Waals surface area (Å²) in [5.74, 6) is 0.235. The van der Waals surface area contributed by atoms with Crippen LogP contribution in [0.2, 0.25) is 0 Å². The van der Waals surface area contributed by atoms with Crippen molar-refractivity contribution in [3.05, 3.63) is 54.6 Å². The van der Waals surface area contributed by atoms with Gasteiger partial charge in [-0.15, -0.1) is 0 Å². The van der Waals surface area contributed by atoms with E-state index in [0.717, 1.165) is 5.56 Å². The number of nitrogens with zero attached hydrogens (tertiary/aromatic N) is 3. The van der Waals surface area contributed by atoms with Crippen LogP contribution in [0.15, 0.2) is 49.1 Å². The lowest BCUT2D eigenvalue weighted by Crippen LogP contribution is -2.41. The number of pyridine rings is 2. The van der Waals surface area contributed by atoms with Crippen molar-refractivity contribution >= 4 is 11.8 Å². The molecule has 3 rings (SSSR count). The predicted molar refractivity (Wildman–Crippen MR) is 86.0 cm³/mol. The first-order valence-electron chi connectivity index (χ1n) is 7.63. The highest BCUT2D eigenvalue weighted by atomic mass is 16.5. The molecule has 0 spiro atoms. The van der Waals surface area contributed by atoms with Crippen molar-refractivity contribution < 1.29 is 14.3 Å². The predicted octanol–water partition coefficient (Wildman–Crippen LogP) is 0.944. The molecule has 124 valence electrons. The van der Waals surface area contributed by atoms with E-state index in [-0.39, 0.29) is 36.9 Å². The molecule has 0 aliphatic carbocycles. The molecule has 3 heterocycles. The maximum atomic E-state index is 12.2. The number of likely N-dealkylation sites (N-methyl/N-ethyl adjacent to an activating group) is 1. The molecule has 1 aliphatic heterocycles. The van der Waals surface area contributed by atoms with Gasteiger partial charge in [0.15, 0.2) is 6.61 Å². The van der Waals surface area contributed by atoms with Crippen molar-refractivity contribution in [2.75, 3.05) is 13.7 Å². The van der Waals surface area contributed by atoms with E-state index in [4.69, 9.17) is 4.74 Å². The van der Waals surface area contributed by atoms with Crippen LogP contribution in [-0.4, -0.2) is 46.4 Å². The molecule has 1 saturated heterocycles. The summed E-state index contributed by atoms with van der Waals surface area (Å²) in [5.41, 5.74) is 0.893. The zero-order valence-corrected chi connectivity index (χ0v) is 13.3. The van der Waals surface area contributed by atoms with E-state index in [0.29, 0.717) is 5.75 Å². The molecule has 1 fully saturated rings. The smallest absolute Gasteiger partial charge is 0.258 e. The van der Waals surface area contributed by atoms with Gasteiger partial charge in [0, 0.05) is 32.1 Å². The van der Waals surface area contributed by atoms with Crippen molar-refractivity contribution in [1.29, 1.82) is 0 Å². The lowest BCUT2D eigenvalue weighted by molar-refractivity contribution is -0.127. The summed E-state index contributed by atoms with van der Waals surface area (Å²) in [6, 6.07) is 6.64. The number of likely N-dealkylation sites (tertiary alicyclic amines) is 1. The first kappa shape index (κ1) is 15.9. The van der Waals surface area contributed by atoms with E-state index in [9.17, 15) is 9.59 Å². The summed E-state index contributed by atoms with van der Waals surface area (Å²) >= 11 is 0. The zero-order valence-electron chi connectivity index (χ0n) is 13.3. The topological polar surface area (TPSA) is 84.4 Å². The summed E-state index contributed by atoms with van der Waals surface area (Å²) in [6.45, 7) is -0.125. The van der Waals surface area contributed by atoms with Gasteiger partial charge in [-0.2, -0.15) is 0 Å². The Balaban J connectivity index is 1.64. The van der Waals surface area contributed by atoms with Gasteiger partial charge in [-0.05, 0) is 23.8 Å². The lowest BCUT2D eigenvalue weighted by atomic mass is 10.0. The van der Waals surface area contributed by atoms with E-state index >= 15 is 0 Å². The molecule has 0 saturated carbocycles. The molecule has 1 aliphatic rings. The van der Waals surface area contributed by atoms with Crippen molar-refractivity contribution in [3.8, 4) is 5.75 Å². The van der Waals surface area contributed by atoms with Crippen molar-refractivity contribution in [3.63, 3.8) is 0 Å². The zero-order chi connectivity index (χ0) is 16.9. The number of carbonyl (C=O) groups excluding carboxylic acids is 2. The Labute approximate surface area is 139 Å². The number of nitrogens with one attached hydrogen (secondary N) is 1. The van der Waals surface area contributed by atoms with Crippen LogP contribution < -0.4 is 10.1 Å². The number of amides is 2. The largest absolute Gasteiger partial charge is 0.482 e. The standard InChI is InChI=1S/C17H18N4O3/c1-21-16(23)8-14(17(21)12-4-2-6-18-9-12)20-15(22)11-24-13-5-3-7-19-10-13/h2-7,9-10,14,17H,8,11H2,1H3,(H,20,22)/t14-,17+/m1/s1. The van der Waals surface area contributed by atoms with Crippen LogP contribution in [0.5, 0.6) is 5.75 Å². The first-order valence-corrected chi connectivity index (χ1v) is 7.63. The highest BCUT2D eigenvalue weighted by Gasteiger charge is 2.39. The number of rotatable bonds is 5. The Hall–Kier alpha value is -2.96. The number of aromatic nitrogens is 2. The summed E-state index contributed by atoms with van der Waals surface area (Å²) in [5, 5.41) is 2.88. The molecule has 0 radical (unpaired) electrons. The Bertz CT molecular complexity index is 708. The van der Waals surface area contributed by atoms with Gasteiger partial charge >= 0.3 is 0 Å². The van der Waals surface area contributed by atoms with Crippen LogP contribution in [0.25, 0.3) is 0 Å². The molecule has 2 atom stereocenters. The fourth-order valence-corrected chi connectivity index (χ4v) is 2.84. The van der Waals surface area contributed by atoms with Crippen LogP contribution in [0.1, 0.15) is 18.0 Å². The van der Waals surface area contributed by atoms with Gasteiger partial charge < -0.3 is 15.0 Å². The molecule has 0 unspecified atom stereocenters. The minimum Gasteiger partial charge on any atom is -0.482 e. The monoisotopic (exact) mass is 326 g/mol. The molecule has 24 heavy (non-hydrogen) atoms. The normalized spacial score (nSPS) is 20.0. The lowest BCUT2D eigenvalue weighted by Gasteiger charge is -2.25. The summed E-state index contributed by atoms with van der Waals surface area (Å²) in [7, 11) is 1.73. The van der Waals surface area contributed by atoms with E-state index in [2.05, 4.69) is 15.3 Å². The van der Waals surface area contributed by atoms with E-state index < -0.39 is 0 Å². The average molecular weight is 326 g/mol. The van der Waals surface area contributed by atoms with Gasteiger partial charge in [0.05, 0.1) is 18.3 Å². The fourth-order valence-electron chi connectivity index (χ4n) is 2.84. The third-order valence-corrected chi connectivity index (χ3v) is 3.96. The molecular weight excluding hydrogens is 308 g/mol. The summed E-state index contributed by atoms with van der Waals surface area (Å²) in [6.07, 6.45) is 6.82. The molecule has 2 aromatic rings. The molecule has 7 nitrogen and oxygen atoms in total. The van der Waals surface area contributed by atoms with Gasteiger partial charge in [-0.25, -0.2) is 0 Å². The Kier molecular flexibility index (Phi) is 4.69. The Morgan fingerprint density at radius 3 is 2.71 bits per heavy atom. The molecule has 0 aromatic carbocycles. The second kappa shape index (κ2) is 7.08. The van der Waals surface area contributed by atoms with Gasteiger partial charge in [-0.3, -0.25) is 19.6 Å². The first-order chi connectivity index (χ1) is 11.6. The number of hydrogen-bond donors (Lipinski definition) is 1. The third-order valence-electron chi connectivity index (χ3n) is 3.96. The molecular formula is C17H18N4O3. The molecule has 7 heteroatoms. The van der Waals surface area contributed by atoms with Crippen LogP contribution >= 0.6 is 0 Å². The van der Waals surface area contributed by atoms with Crippen molar-refractivity contribution in [2.24, 2.45) is 0 Å². The average Bonchev–Trinajstić information content (AvgIpc) is 2.88. The molecule has 1 N–H and O–H groups in total. The quantitative estimate of drug-likeness (QED) is 0.884. The summed E-state index contributed by atoms with van der Waals surface area (Å²) < 4.78 is 5.39. The fraction of sp³-hybridized carbons (Fsp3) is 0.294. The van der Waals surface area contributed by atoms with E-state index in [1.165, 1.54) is 0 Å². The summed E-state index contributed by atoms with van der Waals surface area (Å²) in [4.78, 5) is 33.9. The SMILES string of the molecule is CN1C(=O)C[C@@H](NC(=O)COc2cccnc2)[C@@H]1c1cccnc1. The van der Waals surface area contributed by atoms with Gasteiger partial charge in [0.2, 0.25) is 5.91 Å². The maximum Gasteiger partial charge on any atom is 0.258 e. The van der Waals surface area contributed by atoms with Crippen LogP contribution in [0, 0.1) is 0 Å². The Morgan fingerprint density at radius 1 is 1.29 bits per heavy atom. The maximum absolute atomic E-state index is 12.2. The number of ether oxygens (including phenoxy) is 1.